The molecule has 2 aromatic rings. The number of carbonyl (C=O) groups excluding carboxylic acids is 1. The van der Waals surface area contributed by atoms with Gasteiger partial charge in [0.25, 0.3) is 0 Å². The van der Waals surface area contributed by atoms with Gasteiger partial charge in [0.2, 0.25) is 5.91 Å². The molecule has 1 aromatic heterocycles. The van der Waals surface area contributed by atoms with E-state index in [1.54, 1.807) is 6.92 Å². The SMILES string of the molecule is CC(=O)N1CCc2c([nH]c3ccccc23)C1C1CCCCC1. The van der Waals surface area contributed by atoms with E-state index in [-0.39, 0.29) is 11.9 Å². The van der Waals surface area contributed by atoms with E-state index in [0.717, 1.165) is 13.0 Å². The van der Waals surface area contributed by atoms with E-state index in [1.165, 1.54) is 54.3 Å². The highest BCUT2D eigenvalue weighted by atomic mass is 16.2. The number of H-pyrrole nitrogens is 1. The maximum atomic E-state index is 12.2. The largest absolute Gasteiger partial charge is 0.356 e. The summed E-state index contributed by atoms with van der Waals surface area (Å²) < 4.78 is 0. The van der Waals surface area contributed by atoms with Crippen LogP contribution in [0, 0.1) is 5.92 Å². The summed E-state index contributed by atoms with van der Waals surface area (Å²) in [6.07, 6.45) is 7.45. The summed E-state index contributed by atoms with van der Waals surface area (Å²) in [6, 6.07) is 8.83. The molecule has 1 aliphatic carbocycles. The van der Waals surface area contributed by atoms with Gasteiger partial charge in [-0.1, -0.05) is 37.5 Å². The first-order valence-corrected chi connectivity index (χ1v) is 8.62. The van der Waals surface area contributed by atoms with Crippen molar-refractivity contribution in [1.82, 2.24) is 9.88 Å². The van der Waals surface area contributed by atoms with Crippen LogP contribution in [0.3, 0.4) is 0 Å². The van der Waals surface area contributed by atoms with Crippen LogP contribution >= 0.6 is 0 Å². The van der Waals surface area contributed by atoms with Gasteiger partial charge in [-0.05, 0) is 36.8 Å². The van der Waals surface area contributed by atoms with Crippen LogP contribution in [-0.2, 0) is 11.2 Å². The number of carbonyl (C=O) groups is 1. The van der Waals surface area contributed by atoms with Gasteiger partial charge in [-0.25, -0.2) is 0 Å². The third-order valence-corrected chi connectivity index (χ3v) is 5.58. The van der Waals surface area contributed by atoms with Crippen molar-refractivity contribution in [2.24, 2.45) is 5.92 Å². The lowest BCUT2D eigenvalue weighted by Gasteiger charge is -2.41. The van der Waals surface area contributed by atoms with Crippen molar-refractivity contribution in [3.63, 3.8) is 0 Å². The van der Waals surface area contributed by atoms with E-state index in [2.05, 4.69) is 34.1 Å². The van der Waals surface area contributed by atoms with E-state index in [0.29, 0.717) is 5.92 Å². The van der Waals surface area contributed by atoms with Crippen LogP contribution in [0.5, 0.6) is 0 Å². The van der Waals surface area contributed by atoms with Crippen LogP contribution in [0.25, 0.3) is 10.9 Å². The standard InChI is InChI=1S/C19H24N2O/c1-13(22)21-12-11-16-15-9-5-6-10-17(15)20-18(16)19(21)14-7-3-2-4-8-14/h5-6,9-10,14,19-20H,2-4,7-8,11-12H2,1H3. The van der Waals surface area contributed by atoms with Crippen LogP contribution in [0.15, 0.2) is 24.3 Å². The first-order chi connectivity index (χ1) is 10.8. The number of amides is 1. The summed E-state index contributed by atoms with van der Waals surface area (Å²) in [5, 5.41) is 1.35. The van der Waals surface area contributed by atoms with Crippen LogP contribution in [0.4, 0.5) is 0 Å². The Balaban J connectivity index is 1.82. The molecule has 0 radical (unpaired) electrons. The fraction of sp³-hybridized carbons (Fsp3) is 0.526. The van der Waals surface area contributed by atoms with Crippen molar-refractivity contribution in [3.05, 3.63) is 35.5 Å². The number of benzene rings is 1. The Hall–Kier alpha value is -1.77. The van der Waals surface area contributed by atoms with Crippen molar-refractivity contribution < 1.29 is 4.79 Å². The molecule has 2 heterocycles. The monoisotopic (exact) mass is 296 g/mol. The minimum absolute atomic E-state index is 0.222. The average Bonchev–Trinajstić information content (AvgIpc) is 2.93. The predicted molar refractivity (Wildman–Crippen MR) is 88.7 cm³/mol. The Morgan fingerprint density at radius 3 is 2.73 bits per heavy atom. The summed E-state index contributed by atoms with van der Waals surface area (Å²) in [6.45, 7) is 2.59. The van der Waals surface area contributed by atoms with Crippen LogP contribution in [-0.4, -0.2) is 22.3 Å². The molecule has 1 atom stereocenters. The molecule has 0 saturated heterocycles. The van der Waals surface area contributed by atoms with Crippen molar-refractivity contribution in [1.29, 1.82) is 0 Å². The predicted octanol–water partition coefficient (Wildman–Crippen LogP) is 4.19. The minimum Gasteiger partial charge on any atom is -0.356 e. The van der Waals surface area contributed by atoms with Gasteiger partial charge < -0.3 is 9.88 Å². The number of fused-ring (bicyclic) bond motifs is 3. The van der Waals surface area contributed by atoms with E-state index in [1.807, 2.05) is 0 Å². The highest BCUT2D eigenvalue weighted by Crippen LogP contribution is 2.43. The lowest BCUT2D eigenvalue weighted by Crippen LogP contribution is -2.42. The molecule has 1 aromatic carbocycles. The average molecular weight is 296 g/mol. The second-order valence-electron chi connectivity index (χ2n) is 6.87. The van der Waals surface area contributed by atoms with E-state index < -0.39 is 0 Å². The van der Waals surface area contributed by atoms with Gasteiger partial charge in [-0.3, -0.25) is 4.79 Å². The molecule has 1 amide bonds. The quantitative estimate of drug-likeness (QED) is 0.841. The molecule has 1 unspecified atom stereocenters. The molecule has 3 nitrogen and oxygen atoms in total. The minimum atomic E-state index is 0.222. The smallest absolute Gasteiger partial charge is 0.220 e. The van der Waals surface area contributed by atoms with Gasteiger partial charge in [0.1, 0.15) is 0 Å². The zero-order valence-electron chi connectivity index (χ0n) is 13.3. The number of hydrogen-bond acceptors (Lipinski definition) is 1. The molecule has 1 aliphatic heterocycles. The molecular formula is C19H24N2O. The molecule has 116 valence electrons. The van der Waals surface area contributed by atoms with Crippen LogP contribution < -0.4 is 0 Å². The number of nitrogens with one attached hydrogen (secondary N) is 1. The first-order valence-electron chi connectivity index (χ1n) is 8.62. The lowest BCUT2D eigenvalue weighted by atomic mass is 9.79. The van der Waals surface area contributed by atoms with Crippen LogP contribution in [0.2, 0.25) is 0 Å². The highest BCUT2D eigenvalue weighted by Gasteiger charge is 2.37. The zero-order chi connectivity index (χ0) is 15.1. The van der Waals surface area contributed by atoms with E-state index >= 15 is 0 Å². The van der Waals surface area contributed by atoms with Crippen molar-refractivity contribution in [2.75, 3.05) is 6.54 Å². The summed E-state index contributed by atoms with van der Waals surface area (Å²) in [4.78, 5) is 18.0. The van der Waals surface area contributed by atoms with Gasteiger partial charge in [-0.15, -0.1) is 0 Å². The third-order valence-electron chi connectivity index (χ3n) is 5.58. The first kappa shape index (κ1) is 13.9. The normalized spacial score (nSPS) is 22.8. The van der Waals surface area contributed by atoms with Gasteiger partial charge in [0.15, 0.2) is 0 Å². The third kappa shape index (κ3) is 2.15. The maximum Gasteiger partial charge on any atom is 0.220 e. The summed E-state index contributed by atoms with van der Waals surface area (Å²) in [5.74, 6) is 0.838. The highest BCUT2D eigenvalue weighted by molar-refractivity contribution is 5.86. The van der Waals surface area contributed by atoms with Crippen molar-refractivity contribution >= 4 is 16.8 Å². The maximum absolute atomic E-state index is 12.2. The Bertz CT molecular complexity index is 697. The van der Waals surface area contributed by atoms with Crippen molar-refractivity contribution in [3.8, 4) is 0 Å². The van der Waals surface area contributed by atoms with Crippen molar-refractivity contribution in [2.45, 2.75) is 51.5 Å². The fourth-order valence-electron chi connectivity index (χ4n) is 4.56. The summed E-state index contributed by atoms with van der Waals surface area (Å²) in [7, 11) is 0. The molecule has 1 saturated carbocycles. The van der Waals surface area contributed by atoms with Gasteiger partial charge >= 0.3 is 0 Å². The number of aromatic nitrogens is 1. The van der Waals surface area contributed by atoms with Gasteiger partial charge in [0.05, 0.1) is 6.04 Å². The molecule has 0 spiro atoms. The zero-order valence-corrected chi connectivity index (χ0v) is 13.3. The number of hydrogen-bond donors (Lipinski definition) is 1. The number of para-hydroxylation sites is 1. The molecule has 22 heavy (non-hydrogen) atoms. The second-order valence-corrected chi connectivity index (χ2v) is 6.87. The molecule has 4 rings (SSSR count). The Kier molecular flexibility index (Phi) is 3.44. The van der Waals surface area contributed by atoms with E-state index in [9.17, 15) is 4.79 Å². The second kappa shape index (κ2) is 5.45. The lowest BCUT2D eigenvalue weighted by molar-refractivity contribution is -0.133. The van der Waals surface area contributed by atoms with Crippen LogP contribution in [0.1, 0.15) is 56.3 Å². The van der Waals surface area contributed by atoms with Gasteiger partial charge in [-0.2, -0.15) is 0 Å². The molecular weight excluding hydrogens is 272 g/mol. The summed E-state index contributed by atoms with van der Waals surface area (Å²) >= 11 is 0. The summed E-state index contributed by atoms with van der Waals surface area (Å²) in [5.41, 5.74) is 3.98. The molecule has 1 N–H and O–H groups in total. The number of aromatic amines is 1. The molecule has 3 heteroatoms. The Morgan fingerprint density at radius 2 is 1.95 bits per heavy atom. The molecule has 2 aliphatic rings. The van der Waals surface area contributed by atoms with E-state index in [4.69, 9.17) is 0 Å². The molecule has 0 bridgehead atoms. The number of rotatable bonds is 1. The number of nitrogens with zero attached hydrogens (tertiary/aromatic N) is 1. The fourth-order valence-corrected chi connectivity index (χ4v) is 4.56. The molecule has 1 fully saturated rings. The topological polar surface area (TPSA) is 36.1 Å². The Labute approximate surface area is 131 Å². The Morgan fingerprint density at radius 1 is 1.18 bits per heavy atom. The van der Waals surface area contributed by atoms with Gasteiger partial charge in [0, 0.05) is 30.1 Å².